The van der Waals surface area contributed by atoms with Crippen molar-refractivity contribution in [1.82, 2.24) is 0 Å². The zero-order valence-corrected chi connectivity index (χ0v) is 9.60. The molecule has 42 valence electrons. The maximum absolute atomic E-state index is 11.2. The Balaban J connectivity index is 0.000000222. The van der Waals surface area contributed by atoms with Crippen LogP contribution < -0.4 is 0 Å². The first kappa shape index (κ1) is 9.24. The van der Waals surface area contributed by atoms with Crippen molar-refractivity contribution in [1.29, 1.82) is 0 Å². The van der Waals surface area contributed by atoms with Crippen LogP contribution in [0.25, 0.3) is 0 Å². The third-order valence-electron chi connectivity index (χ3n) is 0.480. The zero-order valence-electron chi connectivity index (χ0n) is 3.72. The van der Waals surface area contributed by atoms with Crippen LogP contribution >= 0.6 is 31.4 Å². The molecule has 0 fully saturated rings. The number of hydrogen-bond acceptors (Lipinski definition) is 0. The van der Waals surface area contributed by atoms with E-state index >= 15 is 0 Å². The number of halogens is 4. The molecule has 0 atom stereocenters. The van der Waals surface area contributed by atoms with E-state index in [9.17, 15) is 8.78 Å². The van der Waals surface area contributed by atoms with E-state index in [0.29, 0.717) is 0 Å². The average Bonchev–Trinajstić information content (AvgIpc) is 2.19. The van der Waals surface area contributed by atoms with Crippen molar-refractivity contribution in [2.24, 2.45) is 0 Å². The van der Waals surface area contributed by atoms with Crippen LogP contribution in [0.2, 0.25) is 0 Å². The number of hydrogen-bond donors (Lipinski definition) is 0. The predicted molar refractivity (Wildman–Crippen MR) is 31.6 cm³/mol. The summed E-state index contributed by atoms with van der Waals surface area (Å²) in [5, 5.41) is -0.456. The second-order valence-corrected chi connectivity index (χ2v) is 1.39. The molecule has 0 saturated heterocycles. The van der Waals surface area contributed by atoms with E-state index < -0.39 is 11.0 Å². The van der Waals surface area contributed by atoms with Crippen LogP contribution in [0.3, 0.4) is 0 Å². The van der Waals surface area contributed by atoms with Gasteiger partial charge < -0.3 is 6.08 Å². The SMILES string of the molecule is FC1(F)[C-]=C1Cl.[Zn+][I]. The Morgan fingerprint density at radius 2 is 1.75 bits per heavy atom. The molecule has 0 aromatic rings. The van der Waals surface area contributed by atoms with Gasteiger partial charge >= 0.3 is 34.5 Å². The van der Waals surface area contributed by atoms with Crippen LogP contribution in [-0.2, 0) is 14.8 Å². The van der Waals surface area contributed by atoms with E-state index in [4.69, 9.17) is 11.6 Å². The van der Waals surface area contributed by atoms with Crippen molar-refractivity contribution in [3.8, 4) is 0 Å². The molecule has 1 rings (SSSR count). The van der Waals surface area contributed by atoms with Gasteiger partial charge in [-0.2, -0.15) is 0 Å². The van der Waals surface area contributed by atoms with Crippen LogP contribution in [-0.4, -0.2) is 5.92 Å². The van der Waals surface area contributed by atoms with Crippen LogP contribution in [0.5, 0.6) is 0 Å². The molecule has 1 aliphatic carbocycles. The Morgan fingerprint density at radius 1 is 1.62 bits per heavy atom. The van der Waals surface area contributed by atoms with Gasteiger partial charge in [-0.05, 0) is 0 Å². The van der Waals surface area contributed by atoms with Gasteiger partial charge in [0.1, 0.15) is 5.92 Å². The Kier molecular flexibility index (Phi) is 3.95. The Morgan fingerprint density at radius 3 is 1.75 bits per heavy atom. The normalized spacial score (nSPS) is 20.5. The molecule has 8 heavy (non-hydrogen) atoms. The topological polar surface area (TPSA) is 0 Å². The quantitative estimate of drug-likeness (QED) is 0.366. The summed E-state index contributed by atoms with van der Waals surface area (Å²) in [6.07, 6.45) is 1.62. The number of allylic oxidation sites excluding steroid dienone is 2. The van der Waals surface area contributed by atoms with E-state index in [2.05, 4.69) is 19.8 Å². The third kappa shape index (κ3) is 2.69. The molecule has 0 aromatic carbocycles. The van der Waals surface area contributed by atoms with Gasteiger partial charge in [0, 0.05) is 0 Å². The summed E-state index contributed by atoms with van der Waals surface area (Å²) in [7, 11) is 0. The molecule has 0 N–H and O–H groups in total. The second-order valence-electron chi connectivity index (χ2n) is 1.01. The number of alkyl halides is 2. The van der Waals surface area contributed by atoms with Crippen molar-refractivity contribution in [3.63, 3.8) is 0 Å². The Labute approximate surface area is 71.5 Å². The number of rotatable bonds is 0. The molecule has 0 unspecified atom stereocenters. The monoisotopic (exact) mass is 300 g/mol. The average molecular weight is 302 g/mol. The van der Waals surface area contributed by atoms with Crippen LogP contribution in [0.1, 0.15) is 0 Å². The van der Waals surface area contributed by atoms with E-state index in [-0.39, 0.29) is 0 Å². The van der Waals surface area contributed by atoms with Crippen molar-refractivity contribution in [3.05, 3.63) is 11.1 Å². The Hall–Kier alpha value is 1.24. The van der Waals surface area contributed by atoms with Crippen molar-refractivity contribution < 1.29 is 23.6 Å². The fourth-order valence-electron chi connectivity index (χ4n) is 0.107. The standard InChI is InChI=1S/C3ClF2.HI.Zn/c4-2-1-3(2,5)6;;/h;1H;/q-1;;+2/p-1. The molecule has 0 aromatic heterocycles. The zero-order chi connectivity index (χ0) is 6.78. The van der Waals surface area contributed by atoms with E-state index in [1.807, 2.05) is 0 Å². The van der Waals surface area contributed by atoms with Crippen molar-refractivity contribution in [2.45, 2.75) is 5.92 Å². The molecule has 0 heterocycles. The molecular weight excluding hydrogens is 302 g/mol. The molecule has 1 aliphatic rings. The molecule has 0 amide bonds. The van der Waals surface area contributed by atoms with E-state index in [1.165, 1.54) is 14.8 Å². The molecule has 0 aliphatic heterocycles. The van der Waals surface area contributed by atoms with Gasteiger partial charge in [-0.3, -0.25) is 0 Å². The van der Waals surface area contributed by atoms with E-state index in [0.717, 1.165) is 0 Å². The van der Waals surface area contributed by atoms with Crippen LogP contribution in [0, 0.1) is 6.08 Å². The summed E-state index contributed by atoms with van der Waals surface area (Å²) in [5.41, 5.74) is 0. The van der Waals surface area contributed by atoms with Gasteiger partial charge in [0.2, 0.25) is 0 Å². The first-order chi connectivity index (χ1) is 3.63. The summed E-state index contributed by atoms with van der Waals surface area (Å²) in [6.45, 7) is 0. The fourth-order valence-corrected chi connectivity index (χ4v) is 0.225. The van der Waals surface area contributed by atoms with Gasteiger partial charge in [0.25, 0.3) is 0 Å². The third-order valence-corrected chi connectivity index (χ3v) is 0.812. The summed E-state index contributed by atoms with van der Waals surface area (Å²) in [6, 6.07) is 0. The summed E-state index contributed by atoms with van der Waals surface area (Å²) < 4.78 is 22.5. The first-order valence-corrected chi connectivity index (χ1v) is 11.0. The minimum atomic E-state index is -2.86. The van der Waals surface area contributed by atoms with Gasteiger partial charge in [-0.25, -0.2) is 8.78 Å². The van der Waals surface area contributed by atoms with Crippen molar-refractivity contribution >= 4 is 31.4 Å². The second kappa shape index (κ2) is 3.42. The minimum absolute atomic E-state index is 0.456. The van der Waals surface area contributed by atoms with Gasteiger partial charge in [0.15, 0.2) is 0 Å². The maximum atomic E-state index is 11.2. The molecule has 5 heteroatoms. The summed E-state index contributed by atoms with van der Waals surface area (Å²) >= 11 is 8.35. The molecular formula is C3ClF2IZn. The van der Waals surface area contributed by atoms with Gasteiger partial charge in [-0.1, -0.05) is 0 Å². The summed E-state index contributed by atoms with van der Waals surface area (Å²) in [4.78, 5) is 0. The first-order valence-electron chi connectivity index (χ1n) is 1.58. The van der Waals surface area contributed by atoms with Crippen LogP contribution in [0.4, 0.5) is 8.78 Å². The van der Waals surface area contributed by atoms with E-state index in [1.54, 1.807) is 6.08 Å². The summed E-state index contributed by atoms with van der Waals surface area (Å²) in [5.74, 6) is -2.86. The molecule has 0 nitrogen and oxygen atoms in total. The Bertz CT molecular complexity index is 114. The van der Waals surface area contributed by atoms with Crippen LogP contribution in [0.15, 0.2) is 5.03 Å². The fraction of sp³-hybridized carbons (Fsp3) is 0.333. The van der Waals surface area contributed by atoms with Gasteiger partial charge in [-0.15, -0.1) is 16.6 Å². The predicted octanol–water partition coefficient (Wildman–Crippen LogP) is 2.44. The van der Waals surface area contributed by atoms with Gasteiger partial charge in [0.05, 0.1) is 0 Å². The van der Waals surface area contributed by atoms with Crippen molar-refractivity contribution in [2.75, 3.05) is 0 Å². The molecule has 0 bridgehead atoms. The molecule has 0 radical (unpaired) electrons. The molecule has 0 saturated carbocycles. The molecule has 0 spiro atoms.